The third kappa shape index (κ3) is 4.78. The van der Waals surface area contributed by atoms with Crippen molar-refractivity contribution in [3.05, 3.63) is 53.5 Å². The van der Waals surface area contributed by atoms with Gasteiger partial charge in [-0.05, 0) is 43.7 Å². The Morgan fingerprint density at radius 3 is 2.50 bits per heavy atom. The molecule has 0 aliphatic rings. The number of carbonyl (C=O) groups excluding carboxylic acids is 1. The number of carbonyl (C=O) groups is 2. The quantitative estimate of drug-likeness (QED) is 0.749. The summed E-state index contributed by atoms with van der Waals surface area (Å²) in [7, 11) is 0. The highest BCUT2D eigenvalue weighted by molar-refractivity contribution is 6.05. The largest absolute Gasteiger partial charge is 0.478 e. The first kappa shape index (κ1) is 19.4. The van der Waals surface area contributed by atoms with Crippen molar-refractivity contribution in [2.24, 2.45) is 0 Å². The minimum Gasteiger partial charge on any atom is -0.478 e. The molecule has 0 saturated carbocycles. The summed E-state index contributed by atoms with van der Waals surface area (Å²) in [5.41, 5.74) is 0.567. The second kappa shape index (κ2) is 8.94. The molecule has 0 saturated heterocycles. The average Bonchev–Trinajstić information content (AvgIpc) is 2.63. The average molecular weight is 359 g/mol. The molecular weight excluding hydrogens is 337 g/mol. The molecular formula is C19H22FN3O3. The molecule has 2 rings (SSSR count). The van der Waals surface area contributed by atoms with Gasteiger partial charge in [0.05, 0.1) is 11.9 Å². The monoisotopic (exact) mass is 359 g/mol. The van der Waals surface area contributed by atoms with E-state index in [-0.39, 0.29) is 16.8 Å². The maximum absolute atomic E-state index is 12.9. The SMILES string of the molecule is CCCCN(CC)c1ncc(NC(=O)c2ccc(F)cc2)cc1C(=O)O. The van der Waals surface area contributed by atoms with Gasteiger partial charge in [-0.25, -0.2) is 14.2 Å². The van der Waals surface area contributed by atoms with Gasteiger partial charge in [0.1, 0.15) is 17.2 Å². The van der Waals surface area contributed by atoms with Crippen LogP contribution in [0.4, 0.5) is 15.9 Å². The lowest BCUT2D eigenvalue weighted by atomic mass is 10.2. The molecule has 0 atom stereocenters. The van der Waals surface area contributed by atoms with Crippen molar-refractivity contribution >= 4 is 23.4 Å². The summed E-state index contributed by atoms with van der Waals surface area (Å²) in [5.74, 6) is -1.63. The number of benzene rings is 1. The molecule has 6 nitrogen and oxygen atoms in total. The van der Waals surface area contributed by atoms with Crippen molar-refractivity contribution in [1.82, 2.24) is 4.98 Å². The predicted octanol–water partition coefficient (Wildman–Crippen LogP) is 3.80. The lowest BCUT2D eigenvalue weighted by Gasteiger charge is -2.23. The lowest BCUT2D eigenvalue weighted by Crippen LogP contribution is -2.27. The van der Waals surface area contributed by atoms with Crippen LogP contribution in [-0.2, 0) is 0 Å². The highest BCUT2D eigenvalue weighted by Crippen LogP contribution is 2.22. The van der Waals surface area contributed by atoms with Crippen LogP contribution in [0.2, 0.25) is 0 Å². The fourth-order valence-corrected chi connectivity index (χ4v) is 2.50. The molecule has 1 aromatic carbocycles. The Kier molecular flexibility index (Phi) is 6.66. The zero-order chi connectivity index (χ0) is 19.1. The van der Waals surface area contributed by atoms with E-state index in [1.54, 1.807) is 0 Å². The third-order valence-corrected chi connectivity index (χ3v) is 3.92. The number of pyridine rings is 1. The Morgan fingerprint density at radius 2 is 1.92 bits per heavy atom. The van der Waals surface area contributed by atoms with Crippen molar-refractivity contribution in [2.75, 3.05) is 23.3 Å². The van der Waals surface area contributed by atoms with Gasteiger partial charge < -0.3 is 15.3 Å². The van der Waals surface area contributed by atoms with Crippen LogP contribution in [0.25, 0.3) is 0 Å². The lowest BCUT2D eigenvalue weighted by molar-refractivity contribution is 0.0696. The molecule has 0 fully saturated rings. The Balaban J connectivity index is 2.25. The third-order valence-electron chi connectivity index (χ3n) is 3.92. The molecule has 0 unspecified atom stereocenters. The van der Waals surface area contributed by atoms with Crippen molar-refractivity contribution in [3.63, 3.8) is 0 Å². The van der Waals surface area contributed by atoms with Gasteiger partial charge in [0.25, 0.3) is 5.91 Å². The molecule has 1 amide bonds. The maximum Gasteiger partial charge on any atom is 0.339 e. The van der Waals surface area contributed by atoms with Crippen LogP contribution >= 0.6 is 0 Å². The fraction of sp³-hybridized carbons (Fsp3) is 0.316. The molecule has 2 N–H and O–H groups in total. The number of nitrogens with zero attached hydrogens (tertiary/aromatic N) is 2. The highest BCUT2D eigenvalue weighted by Gasteiger charge is 2.18. The number of carboxylic acids is 1. The first-order valence-electron chi connectivity index (χ1n) is 8.51. The van der Waals surface area contributed by atoms with Gasteiger partial charge in [0.15, 0.2) is 0 Å². The molecule has 7 heteroatoms. The molecule has 0 aliphatic heterocycles. The molecule has 0 radical (unpaired) electrons. The van der Waals surface area contributed by atoms with E-state index in [1.165, 1.54) is 36.5 Å². The van der Waals surface area contributed by atoms with Crippen LogP contribution in [0.5, 0.6) is 0 Å². The number of hydrogen-bond acceptors (Lipinski definition) is 4. The van der Waals surface area contributed by atoms with Crippen LogP contribution in [0.1, 0.15) is 47.4 Å². The molecule has 1 aromatic heterocycles. The molecule has 0 aliphatic carbocycles. The van der Waals surface area contributed by atoms with E-state index in [9.17, 15) is 19.1 Å². The standard InChI is InChI=1S/C19H22FN3O3/c1-3-5-10-23(4-2)17-16(19(25)26)11-15(12-21-17)22-18(24)13-6-8-14(20)9-7-13/h6-9,11-12H,3-5,10H2,1-2H3,(H,22,24)(H,25,26). The number of halogens is 1. The number of rotatable bonds is 8. The number of amides is 1. The van der Waals surface area contributed by atoms with Crippen LogP contribution < -0.4 is 10.2 Å². The Labute approximate surface area is 151 Å². The van der Waals surface area contributed by atoms with E-state index in [0.29, 0.717) is 18.9 Å². The molecule has 1 heterocycles. The second-order valence-electron chi connectivity index (χ2n) is 5.79. The van der Waals surface area contributed by atoms with Crippen LogP contribution in [0.15, 0.2) is 36.5 Å². The smallest absolute Gasteiger partial charge is 0.339 e. The number of anilines is 2. The van der Waals surface area contributed by atoms with Crippen LogP contribution in [0.3, 0.4) is 0 Å². The molecule has 138 valence electrons. The Morgan fingerprint density at radius 1 is 1.23 bits per heavy atom. The second-order valence-corrected chi connectivity index (χ2v) is 5.79. The number of carboxylic acid groups (broad SMARTS) is 1. The number of unbranched alkanes of at least 4 members (excludes halogenated alkanes) is 1. The fourth-order valence-electron chi connectivity index (χ4n) is 2.50. The number of hydrogen-bond donors (Lipinski definition) is 2. The van der Waals surface area contributed by atoms with Crippen molar-refractivity contribution in [2.45, 2.75) is 26.7 Å². The normalized spacial score (nSPS) is 10.4. The van der Waals surface area contributed by atoms with E-state index in [1.807, 2.05) is 11.8 Å². The zero-order valence-electron chi connectivity index (χ0n) is 14.8. The van der Waals surface area contributed by atoms with Crippen molar-refractivity contribution in [3.8, 4) is 0 Å². The number of aromatic carboxylic acids is 1. The van der Waals surface area contributed by atoms with E-state index in [2.05, 4.69) is 17.2 Å². The molecule has 2 aromatic rings. The highest BCUT2D eigenvalue weighted by atomic mass is 19.1. The van der Waals surface area contributed by atoms with Gasteiger partial charge in [0.2, 0.25) is 0 Å². The van der Waals surface area contributed by atoms with Gasteiger partial charge >= 0.3 is 5.97 Å². The van der Waals surface area contributed by atoms with Crippen molar-refractivity contribution in [1.29, 1.82) is 0 Å². The van der Waals surface area contributed by atoms with Crippen molar-refractivity contribution < 1.29 is 19.1 Å². The summed E-state index contributed by atoms with van der Waals surface area (Å²) in [6.45, 7) is 5.34. The summed E-state index contributed by atoms with van der Waals surface area (Å²) in [6.07, 6.45) is 3.35. The summed E-state index contributed by atoms with van der Waals surface area (Å²) >= 11 is 0. The van der Waals surface area contributed by atoms with E-state index in [0.717, 1.165) is 12.8 Å². The van der Waals surface area contributed by atoms with E-state index in [4.69, 9.17) is 0 Å². The minimum absolute atomic E-state index is 0.0276. The van der Waals surface area contributed by atoms with Gasteiger partial charge in [-0.2, -0.15) is 0 Å². The van der Waals surface area contributed by atoms with Crippen LogP contribution in [0, 0.1) is 5.82 Å². The maximum atomic E-state index is 12.9. The van der Waals surface area contributed by atoms with Crippen LogP contribution in [-0.4, -0.2) is 35.1 Å². The van der Waals surface area contributed by atoms with Gasteiger partial charge in [-0.3, -0.25) is 4.79 Å². The molecule has 0 bridgehead atoms. The van der Waals surface area contributed by atoms with E-state index < -0.39 is 17.7 Å². The first-order valence-corrected chi connectivity index (χ1v) is 8.51. The van der Waals surface area contributed by atoms with Gasteiger partial charge in [-0.15, -0.1) is 0 Å². The molecule has 26 heavy (non-hydrogen) atoms. The van der Waals surface area contributed by atoms with Gasteiger partial charge in [0, 0.05) is 18.7 Å². The van der Waals surface area contributed by atoms with Gasteiger partial charge in [-0.1, -0.05) is 13.3 Å². The summed E-state index contributed by atoms with van der Waals surface area (Å²) in [4.78, 5) is 30.0. The topological polar surface area (TPSA) is 82.5 Å². The Bertz CT molecular complexity index is 778. The molecule has 0 spiro atoms. The number of nitrogens with one attached hydrogen (secondary N) is 1. The first-order chi connectivity index (χ1) is 12.5. The summed E-state index contributed by atoms with van der Waals surface area (Å²) < 4.78 is 12.9. The number of aromatic nitrogens is 1. The summed E-state index contributed by atoms with van der Waals surface area (Å²) in [6, 6.07) is 6.47. The summed E-state index contributed by atoms with van der Waals surface area (Å²) in [5, 5.41) is 12.1. The minimum atomic E-state index is -1.11. The predicted molar refractivity (Wildman–Crippen MR) is 98.3 cm³/mol. The van der Waals surface area contributed by atoms with E-state index >= 15 is 0 Å². The zero-order valence-corrected chi connectivity index (χ0v) is 14.8. The Hall–Kier alpha value is -2.96.